The molecule has 0 radical (unpaired) electrons. The molecule has 0 aromatic carbocycles. The number of carbonyl (C=O) groups excluding carboxylic acids is 1. The highest BCUT2D eigenvalue weighted by Gasteiger charge is 2.07. The summed E-state index contributed by atoms with van der Waals surface area (Å²) in [4.78, 5) is 13.4. The minimum absolute atomic E-state index is 0.0836. The fourth-order valence-corrected chi connectivity index (χ4v) is 2.42. The summed E-state index contributed by atoms with van der Waals surface area (Å²) in [5.41, 5.74) is 6.42. The van der Waals surface area contributed by atoms with Gasteiger partial charge in [-0.25, -0.2) is 0 Å². The number of aromatic nitrogens is 2. The first-order valence-electron chi connectivity index (χ1n) is 6.25. The molecule has 0 atom stereocenters. The number of rotatable bonds is 4. The highest BCUT2D eigenvalue weighted by atomic mass is 32.1. The fraction of sp³-hybridized carbons (Fsp3) is 0.286. The lowest BCUT2D eigenvalue weighted by Crippen LogP contribution is -2.26. The number of amides is 1. The summed E-state index contributed by atoms with van der Waals surface area (Å²) in [6.07, 6.45) is 3.74. The number of nitrogens with two attached hydrogens (primary N) is 1. The molecular formula is C14H16N4OS. The molecule has 0 bridgehead atoms. The van der Waals surface area contributed by atoms with Gasteiger partial charge in [0.15, 0.2) is 0 Å². The minimum atomic E-state index is -0.0836. The molecule has 104 valence electrons. The van der Waals surface area contributed by atoms with Gasteiger partial charge in [0.1, 0.15) is 0 Å². The quantitative estimate of drug-likeness (QED) is 0.824. The van der Waals surface area contributed by atoms with Gasteiger partial charge in [-0.05, 0) is 24.6 Å². The van der Waals surface area contributed by atoms with E-state index < -0.39 is 0 Å². The third-order valence-electron chi connectivity index (χ3n) is 2.53. The van der Waals surface area contributed by atoms with Gasteiger partial charge in [0, 0.05) is 12.7 Å². The SMILES string of the molecule is Cc1cnn(CCNC(=O)c2ccc(C#CCN)s2)c1. The van der Waals surface area contributed by atoms with Crippen LogP contribution < -0.4 is 11.1 Å². The predicted molar refractivity (Wildman–Crippen MR) is 79.5 cm³/mol. The van der Waals surface area contributed by atoms with E-state index >= 15 is 0 Å². The van der Waals surface area contributed by atoms with E-state index in [-0.39, 0.29) is 5.91 Å². The first-order valence-corrected chi connectivity index (χ1v) is 7.06. The third-order valence-corrected chi connectivity index (χ3v) is 3.53. The zero-order chi connectivity index (χ0) is 14.4. The molecule has 3 N–H and O–H groups in total. The topological polar surface area (TPSA) is 72.9 Å². The fourth-order valence-electron chi connectivity index (χ4n) is 1.63. The van der Waals surface area contributed by atoms with Crippen molar-refractivity contribution in [2.75, 3.05) is 13.1 Å². The highest BCUT2D eigenvalue weighted by molar-refractivity contribution is 7.14. The standard InChI is InChI=1S/C14H16N4OS/c1-11-9-17-18(10-11)8-7-16-14(19)13-5-4-12(20-13)3-2-6-15/h4-5,9-10H,6-8,15H2,1H3,(H,16,19). The zero-order valence-electron chi connectivity index (χ0n) is 11.2. The van der Waals surface area contributed by atoms with Crippen molar-refractivity contribution in [2.45, 2.75) is 13.5 Å². The maximum absolute atomic E-state index is 11.9. The smallest absolute Gasteiger partial charge is 0.261 e. The summed E-state index contributed by atoms with van der Waals surface area (Å²) < 4.78 is 1.81. The lowest BCUT2D eigenvalue weighted by molar-refractivity contribution is 0.0956. The normalized spacial score (nSPS) is 9.90. The van der Waals surface area contributed by atoms with Crippen LogP contribution >= 0.6 is 11.3 Å². The second-order valence-electron chi connectivity index (χ2n) is 4.21. The predicted octanol–water partition coefficient (Wildman–Crippen LogP) is 0.993. The second kappa shape index (κ2) is 6.89. The van der Waals surface area contributed by atoms with Crippen LogP contribution in [-0.4, -0.2) is 28.8 Å². The Labute approximate surface area is 121 Å². The van der Waals surface area contributed by atoms with Crippen molar-refractivity contribution < 1.29 is 4.79 Å². The lowest BCUT2D eigenvalue weighted by atomic mass is 10.4. The van der Waals surface area contributed by atoms with Gasteiger partial charge in [0.25, 0.3) is 5.91 Å². The molecule has 0 saturated heterocycles. The Hall–Kier alpha value is -2.10. The summed E-state index contributed by atoms with van der Waals surface area (Å²) in [5.74, 6) is 5.60. The molecule has 0 aliphatic heterocycles. The summed E-state index contributed by atoms with van der Waals surface area (Å²) in [5, 5.41) is 7.02. The van der Waals surface area contributed by atoms with Crippen molar-refractivity contribution in [2.24, 2.45) is 5.73 Å². The maximum Gasteiger partial charge on any atom is 0.261 e. The van der Waals surface area contributed by atoms with E-state index in [1.54, 1.807) is 12.3 Å². The molecule has 6 heteroatoms. The average Bonchev–Trinajstić information content (AvgIpc) is 3.05. The number of hydrogen-bond donors (Lipinski definition) is 2. The van der Waals surface area contributed by atoms with Gasteiger partial charge in [-0.2, -0.15) is 5.10 Å². The van der Waals surface area contributed by atoms with E-state index in [4.69, 9.17) is 5.73 Å². The number of aryl methyl sites for hydroxylation is 1. The van der Waals surface area contributed by atoms with Crippen LogP contribution in [0.1, 0.15) is 20.1 Å². The van der Waals surface area contributed by atoms with Gasteiger partial charge in [0.05, 0.1) is 29.0 Å². The number of hydrogen-bond acceptors (Lipinski definition) is 4. The average molecular weight is 288 g/mol. The van der Waals surface area contributed by atoms with Crippen molar-refractivity contribution in [1.29, 1.82) is 0 Å². The molecule has 2 aromatic rings. The first kappa shape index (κ1) is 14.3. The van der Waals surface area contributed by atoms with E-state index in [1.165, 1.54) is 11.3 Å². The Morgan fingerprint density at radius 1 is 1.55 bits per heavy atom. The molecular weight excluding hydrogens is 272 g/mol. The molecule has 0 aliphatic carbocycles. The van der Waals surface area contributed by atoms with Crippen molar-refractivity contribution in [3.8, 4) is 11.8 Å². The van der Waals surface area contributed by atoms with Crippen molar-refractivity contribution in [1.82, 2.24) is 15.1 Å². The first-order chi connectivity index (χ1) is 9.69. The van der Waals surface area contributed by atoms with Crippen LogP contribution in [0.2, 0.25) is 0 Å². The van der Waals surface area contributed by atoms with Gasteiger partial charge in [0.2, 0.25) is 0 Å². The van der Waals surface area contributed by atoms with E-state index in [9.17, 15) is 4.79 Å². The van der Waals surface area contributed by atoms with Crippen LogP contribution in [0.25, 0.3) is 0 Å². The Bertz CT molecular complexity index is 647. The summed E-state index contributed by atoms with van der Waals surface area (Å²) in [7, 11) is 0. The molecule has 5 nitrogen and oxygen atoms in total. The number of nitrogens with zero attached hydrogens (tertiary/aromatic N) is 2. The molecule has 0 unspecified atom stereocenters. The molecule has 2 aromatic heterocycles. The lowest BCUT2D eigenvalue weighted by Gasteiger charge is -2.03. The van der Waals surface area contributed by atoms with Crippen LogP contribution in [0.15, 0.2) is 24.5 Å². The molecule has 2 rings (SSSR count). The van der Waals surface area contributed by atoms with Crippen molar-refractivity contribution >= 4 is 17.2 Å². The summed E-state index contributed by atoms with van der Waals surface area (Å²) in [6.45, 7) is 3.51. The third kappa shape index (κ3) is 3.95. The van der Waals surface area contributed by atoms with Crippen LogP contribution in [0.3, 0.4) is 0 Å². The van der Waals surface area contributed by atoms with Gasteiger partial charge in [-0.3, -0.25) is 9.48 Å². The van der Waals surface area contributed by atoms with Crippen LogP contribution in [0.4, 0.5) is 0 Å². The maximum atomic E-state index is 11.9. The highest BCUT2D eigenvalue weighted by Crippen LogP contribution is 2.14. The molecule has 20 heavy (non-hydrogen) atoms. The van der Waals surface area contributed by atoms with Gasteiger partial charge < -0.3 is 11.1 Å². The van der Waals surface area contributed by atoms with E-state index in [0.717, 1.165) is 10.4 Å². The van der Waals surface area contributed by atoms with Crippen LogP contribution in [-0.2, 0) is 6.54 Å². The number of thiophene rings is 1. The Kier molecular flexibility index (Phi) is 4.93. The summed E-state index contributed by atoms with van der Waals surface area (Å²) >= 11 is 1.37. The Balaban J connectivity index is 1.84. The molecule has 0 spiro atoms. The van der Waals surface area contributed by atoms with E-state index in [1.807, 2.05) is 23.9 Å². The molecule has 2 heterocycles. The van der Waals surface area contributed by atoms with Gasteiger partial charge >= 0.3 is 0 Å². The van der Waals surface area contributed by atoms with Crippen molar-refractivity contribution in [3.05, 3.63) is 39.8 Å². The van der Waals surface area contributed by atoms with Crippen molar-refractivity contribution in [3.63, 3.8) is 0 Å². The zero-order valence-corrected chi connectivity index (χ0v) is 12.0. The number of carbonyl (C=O) groups is 1. The Morgan fingerprint density at radius 2 is 2.40 bits per heavy atom. The number of nitrogens with one attached hydrogen (secondary N) is 1. The molecule has 0 fully saturated rings. The monoisotopic (exact) mass is 288 g/mol. The van der Waals surface area contributed by atoms with E-state index in [0.29, 0.717) is 24.5 Å². The van der Waals surface area contributed by atoms with Gasteiger partial charge in [-0.15, -0.1) is 11.3 Å². The van der Waals surface area contributed by atoms with E-state index in [2.05, 4.69) is 22.3 Å². The Morgan fingerprint density at radius 3 is 3.10 bits per heavy atom. The largest absolute Gasteiger partial charge is 0.349 e. The molecule has 0 saturated carbocycles. The van der Waals surface area contributed by atoms with Crippen LogP contribution in [0.5, 0.6) is 0 Å². The second-order valence-corrected chi connectivity index (χ2v) is 5.29. The molecule has 1 amide bonds. The van der Waals surface area contributed by atoms with Crippen LogP contribution in [0, 0.1) is 18.8 Å². The minimum Gasteiger partial charge on any atom is -0.349 e. The molecule has 0 aliphatic rings. The summed E-state index contributed by atoms with van der Waals surface area (Å²) in [6, 6.07) is 3.61. The van der Waals surface area contributed by atoms with Gasteiger partial charge in [-0.1, -0.05) is 11.8 Å².